The van der Waals surface area contributed by atoms with E-state index in [1.54, 1.807) is 18.3 Å². The zero-order valence-corrected chi connectivity index (χ0v) is 15.1. The van der Waals surface area contributed by atoms with Crippen LogP contribution in [0.15, 0.2) is 41.0 Å². The summed E-state index contributed by atoms with van der Waals surface area (Å²) in [6.45, 7) is 8.06. The quantitative estimate of drug-likeness (QED) is 0.742. The predicted molar refractivity (Wildman–Crippen MR) is 93.0 cm³/mol. The third-order valence-electron chi connectivity index (χ3n) is 4.51. The Balaban J connectivity index is 1.90. The van der Waals surface area contributed by atoms with Crippen molar-refractivity contribution in [3.63, 3.8) is 0 Å². The first-order valence-corrected chi connectivity index (χ1v) is 8.26. The van der Waals surface area contributed by atoms with E-state index >= 15 is 0 Å². The summed E-state index contributed by atoms with van der Waals surface area (Å²) >= 11 is 3.54. The van der Waals surface area contributed by atoms with Crippen molar-refractivity contribution < 1.29 is 13.7 Å². The lowest BCUT2D eigenvalue weighted by molar-refractivity contribution is 0.00578. The number of halogens is 2. The first-order chi connectivity index (χ1) is 10.7. The van der Waals surface area contributed by atoms with Crippen molar-refractivity contribution in [1.82, 2.24) is 4.98 Å². The molecule has 1 aromatic heterocycles. The van der Waals surface area contributed by atoms with Gasteiger partial charge >= 0.3 is 7.12 Å². The van der Waals surface area contributed by atoms with E-state index in [0.29, 0.717) is 0 Å². The molecule has 0 radical (unpaired) electrons. The summed E-state index contributed by atoms with van der Waals surface area (Å²) in [6, 6.07) is 8.19. The minimum Gasteiger partial charge on any atom is -0.399 e. The van der Waals surface area contributed by atoms with Gasteiger partial charge < -0.3 is 9.31 Å². The topological polar surface area (TPSA) is 31.4 Å². The lowest BCUT2D eigenvalue weighted by Gasteiger charge is -2.32. The molecule has 120 valence electrons. The van der Waals surface area contributed by atoms with Crippen molar-refractivity contribution in [1.29, 1.82) is 0 Å². The normalized spacial score (nSPS) is 19.1. The Morgan fingerprint density at radius 1 is 1.04 bits per heavy atom. The van der Waals surface area contributed by atoms with Crippen LogP contribution >= 0.6 is 15.9 Å². The Morgan fingerprint density at radius 3 is 2.13 bits per heavy atom. The van der Waals surface area contributed by atoms with Crippen LogP contribution in [0.4, 0.5) is 4.39 Å². The third-order valence-corrected chi connectivity index (χ3v) is 5.11. The zero-order chi connectivity index (χ0) is 16.8. The molecule has 1 aliphatic rings. The van der Waals surface area contributed by atoms with Crippen molar-refractivity contribution in [3.05, 3.63) is 46.8 Å². The van der Waals surface area contributed by atoms with Gasteiger partial charge in [0.1, 0.15) is 5.82 Å². The zero-order valence-electron chi connectivity index (χ0n) is 13.6. The molecule has 2 aromatic rings. The minimum atomic E-state index is -0.453. The Labute approximate surface area is 144 Å². The van der Waals surface area contributed by atoms with Crippen LogP contribution < -0.4 is 5.46 Å². The summed E-state index contributed by atoms with van der Waals surface area (Å²) < 4.78 is 25.9. The number of rotatable bonds is 2. The molecule has 1 fully saturated rings. The number of hydrogen-bond donors (Lipinski definition) is 0. The lowest BCUT2D eigenvalue weighted by Crippen LogP contribution is -2.41. The van der Waals surface area contributed by atoms with E-state index in [9.17, 15) is 4.39 Å². The second-order valence-electron chi connectivity index (χ2n) is 6.69. The molecule has 6 heteroatoms. The molecule has 3 nitrogen and oxygen atoms in total. The maximum atomic E-state index is 13.1. The van der Waals surface area contributed by atoms with E-state index in [1.165, 1.54) is 12.1 Å². The van der Waals surface area contributed by atoms with Crippen LogP contribution in [0.2, 0.25) is 0 Å². The Hall–Kier alpha value is -1.24. The van der Waals surface area contributed by atoms with Gasteiger partial charge in [0.15, 0.2) is 0 Å². The fourth-order valence-corrected chi connectivity index (χ4v) is 2.98. The summed E-state index contributed by atoms with van der Waals surface area (Å²) in [5, 5.41) is 0. The van der Waals surface area contributed by atoms with Crippen LogP contribution in [-0.4, -0.2) is 23.3 Å². The molecule has 0 amide bonds. The molecule has 0 saturated carbocycles. The minimum absolute atomic E-state index is 0.265. The van der Waals surface area contributed by atoms with E-state index in [-0.39, 0.29) is 17.0 Å². The molecule has 1 aliphatic heterocycles. The van der Waals surface area contributed by atoms with Crippen LogP contribution in [0.3, 0.4) is 0 Å². The van der Waals surface area contributed by atoms with Crippen LogP contribution in [0, 0.1) is 5.82 Å². The number of hydrogen-bond acceptors (Lipinski definition) is 3. The number of benzene rings is 1. The molecular formula is C17H18BBrFNO2. The first-order valence-electron chi connectivity index (χ1n) is 7.47. The summed E-state index contributed by atoms with van der Waals surface area (Å²) in [6.07, 6.45) is 1.74. The molecule has 3 rings (SSSR count). The van der Waals surface area contributed by atoms with E-state index in [4.69, 9.17) is 9.31 Å². The fraction of sp³-hybridized carbons (Fsp3) is 0.353. The number of aromatic nitrogens is 1. The maximum Gasteiger partial charge on any atom is 0.496 e. The monoisotopic (exact) mass is 377 g/mol. The van der Waals surface area contributed by atoms with Crippen molar-refractivity contribution >= 4 is 28.5 Å². The first kappa shape index (κ1) is 16.6. The predicted octanol–water partition coefficient (Wildman–Crippen LogP) is 3.95. The molecule has 0 unspecified atom stereocenters. The van der Waals surface area contributed by atoms with Crippen molar-refractivity contribution in [2.75, 3.05) is 0 Å². The lowest BCUT2D eigenvalue weighted by atomic mass is 9.80. The highest BCUT2D eigenvalue weighted by atomic mass is 79.9. The largest absolute Gasteiger partial charge is 0.496 e. The van der Waals surface area contributed by atoms with Gasteiger partial charge in [-0.05, 0) is 74.0 Å². The molecule has 0 bridgehead atoms. The molecule has 1 aromatic carbocycles. The van der Waals surface area contributed by atoms with Gasteiger partial charge in [-0.3, -0.25) is 4.98 Å². The van der Waals surface area contributed by atoms with Crippen LogP contribution in [0.25, 0.3) is 11.3 Å². The summed E-state index contributed by atoms with van der Waals surface area (Å²) in [5.74, 6) is -0.265. The summed E-state index contributed by atoms with van der Waals surface area (Å²) in [4.78, 5) is 4.49. The average molecular weight is 378 g/mol. The molecule has 0 atom stereocenters. The second-order valence-corrected chi connectivity index (χ2v) is 7.55. The third kappa shape index (κ3) is 3.07. The van der Waals surface area contributed by atoms with Crippen molar-refractivity contribution in [3.8, 4) is 11.3 Å². The van der Waals surface area contributed by atoms with Gasteiger partial charge in [0.25, 0.3) is 0 Å². The highest BCUT2D eigenvalue weighted by Gasteiger charge is 2.51. The van der Waals surface area contributed by atoms with Crippen LogP contribution in [0.1, 0.15) is 27.7 Å². The SMILES string of the molecule is CC1(C)OB(c2cnc(-c3ccc(F)cc3)c(Br)c2)OC1(C)C. The Kier molecular flexibility index (Phi) is 4.11. The van der Waals surface area contributed by atoms with E-state index in [1.807, 2.05) is 33.8 Å². The highest BCUT2D eigenvalue weighted by Crippen LogP contribution is 2.36. The smallest absolute Gasteiger partial charge is 0.399 e. The molecule has 1 saturated heterocycles. The maximum absolute atomic E-state index is 13.1. The summed E-state index contributed by atoms with van der Waals surface area (Å²) in [7, 11) is -0.453. The van der Waals surface area contributed by atoms with E-state index < -0.39 is 7.12 Å². The Bertz CT molecular complexity index is 718. The van der Waals surface area contributed by atoms with Gasteiger partial charge in [-0.2, -0.15) is 0 Å². The van der Waals surface area contributed by atoms with Crippen LogP contribution in [0.5, 0.6) is 0 Å². The molecule has 23 heavy (non-hydrogen) atoms. The molecule has 2 heterocycles. The summed E-state index contributed by atoms with van der Waals surface area (Å²) in [5.41, 5.74) is 1.67. The van der Waals surface area contributed by atoms with Gasteiger partial charge in [0, 0.05) is 21.7 Å². The number of nitrogens with zero attached hydrogens (tertiary/aromatic N) is 1. The van der Waals surface area contributed by atoms with E-state index in [2.05, 4.69) is 20.9 Å². The highest BCUT2D eigenvalue weighted by molar-refractivity contribution is 9.10. The van der Waals surface area contributed by atoms with Gasteiger partial charge in [-0.1, -0.05) is 0 Å². The van der Waals surface area contributed by atoms with E-state index in [0.717, 1.165) is 21.2 Å². The molecule has 0 aliphatic carbocycles. The second kappa shape index (κ2) is 5.69. The van der Waals surface area contributed by atoms with Crippen molar-refractivity contribution in [2.24, 2.45) is 0 Å². The number of pyridine rings is 1. The fourth-order valence-electron chi connectivity index (χ4n) is 2.38. The van der Waals surface area contributed by atoms with Gasteiger partial charge in [0.2, 0.25) is 0 Å². The average Bonchev–Trinajstić information content (AvgIpc) is 2.68. The van der Waals surface area contributed by atoms with Crippen molar-refractivity contribution in [2.45, 2.75) is 38.9 Å². The van der Waals surface area contributed by atoms with Gasteiger partial charge in [-0.15, -0.1) is 0 Å². The standard InChI is InChI=1S/C17H18BBrFNO2/c1-16(2)17(3,4)23-18(22-16)12-9-14(19)15(21-10-12)11-5-7-13(20)8-6-11/h5-10H,1-4H3. The Morgan fingerprint density at radius 2 is 1.61 bits per heavy atom. The van der Waals surface area contributed by atoms with Gasteiger partial charge in [-0.25, -0.2) is 4.39 Å². The molecule has 0 spiro atoms. The molecular weight excluding hydrogens is 360 g/mol. The van der Waals surface area contributed by atoms with Gasteiger partial charge in [0.05, 0.1) is 16.9 Å². The molecule has 0 N–H and O–H groups in total. The van der Waals surface area contributed by atoms with Crippen LogP contribution in [-0.2, 0) is 9.31 Å².